The Morgan fingerprint density at radius 3 is 0.911 bits per heavy atom. The van der Waals surface area contributed by atoms with Gasteiger partial charge in [-0.2, -0.15) is 0 Å². The molecule has 0 spiro atoms. The topological polar surface area (TPSA) is 0 Å². The lowest BCUT2D eigenvalue weighted by atomic mass is 9.75. The van der Waals surface area contributed by atoms with Gasteiger partial charge in [0.05, 0.1) is 0 Å². The lowest BCUT2D eigenvalue weighted by Gasteiger charge is -2.30. The maximum atomic E-state index is 2.41. The van der Waals surface area contributed by atoms with Crippen molar-refractivity contribution < 1.29 is 0 Å². The predicted octanol–water partition coefficient (Wildman–Crippen LogP) is 17.4. The second-order valence-electron chi connectivity index (χ2n) is 18.3. The van der Waals surface area contributed by atoms with Crippen LogP contribution in [-0.2, 0) is 0 Å². The Labute approximate surface area is 291 Å². The molecule has 0 aliphatic heterocycles. The van der Waals surface area contributed by atoms with Crippen molar-refractivity contribution in [1.29, 1.82) is 0 Å². The Morgan fingerprint density at radius 2 is 0.622 bits per heavy atom. The van der Waals surface area contributed by atoms with Crippen LogP contribution in [0.3, 0.4) is 0 Å². The van der Waals surface area contributed by atoms with E-state index in [1.54, 1.807) is 0 Å². The monoisotopic (exact) mass is 637 g/mol. The zero-order valence-corrected chi connectivity index (χ0v) is 35.2. The van der Waals surface area contributed by atoms with Gasteiger partial charge in [0.2, 0.25) is 0 Å². The van der Waals surface area contributed by atoms with E-state index in [1.807, 2.05) is 0 Å². The Balaban J connectivity index is -0.000000589. The van der Waals surface area contributed by atoms with Gasteiger partial charge in [-0.3, -0.25) is 0 Å². The molecule has 0 N–H and O–H groups in total. The Bertz CT molecular complexity index is 550. The van der Waals surface area contributed by atoms with Crippen LogP contribution in [0, 0.1) is 34.0 Å². The van der Waals surface area contributed by atoms with E-state index in [9.17, 15) is 0 Å². The molecule has 0 amide bonds. The molecule has 45 heavy (non-hydrogen) atoms. The van der Waals surface area contributed by atoms with Crippen molar-refractivity contribution in [3.05, 3.63) is 0 Å². The summed E-state index contributed by atoms with van der Waals surface area (Å²) in [7, 11) is 0. The van der Waals surface area contributed by atoms with Crippen molar-refractivity contribution in [2.24, 2.45) is 34.0 Å². The minimum Gasteiger partial charge on any atom is -0.0654 e. The standard InChI is InChI=1S/C16H34.C15H32.C14H30/c1-6-8-9-10-11-12-14-15(13-7-2)16(3,4)5;1-6-8-9-10-11-12-13-14(7-2)15(3,4)5;1-6-7-8-9-10-11-12-13(2)14(3,4)5/h15H,6-14H2,1-5H3;14H,6-13H2,1-5H3;13H,6-12H2,1-5H3. The van der Waals surface area contributed by atoms with E-state index < -0.39 is 0 Å². The number of hydrogen-bond acceptors (Lipinski definition) is 0. The van der Waals surface area contributed by atoms with Crippen LogP contribution in [0.4, 0.5) is 0 Å². The van der Waals surface area contributed by atoms with Crippen molar-refractivity contribution in [3.63, 3.8) is 0 Å². The van der Waals surface area contributed by atoms with E-state index in [2.05, 4.69) is 104 Å². The first kappa shape index (κ1) is 49.4. The van der Waals surface area contributed by atoms with Crippen LogP contribution in [0.15, 0.2) is 0 Å². The minimum atomic E-state index is 0.503. The highest BCUT2D eigenvalue weighted by atomic mass is 14.3. The molecule has 0 radical (unpaired) electrons. The average Bonchev–Trinajstić information content (AvgIpc) is 2.94. The van der Waals surface area contributed by atoms with Crippen molar-refractivity contribution in [1.82, 2.24) is 0 Å². The van der Waals surface area contributed by atoms with Crippen LogP contribution in [-0.4, -0.2) is 0 Å². The molecule has 0 aliphatic rings. The van der Waals surface area contributed by atoms with Gasteiger partial charge in [-0.05, 0) is 46.8 Å². The van der Waals surface area contributed by atoms with Crippen LogP contribution >= 0.6 is 0 Å². The summed E-state index contributed by atoms with van der Waals surface area (Å²) in [6.07, 6.45) is 34.1. The summed E-state index contributed by atoms with van der Waals surface area (Å²) in [5, 5.41) is 0. The summed E-state index contributed by atoms with van der Waals surface area (Å²) in [5.74, 6) is 2.72. The van der Waals surface area contributed by atoms with E-state index in [1.165, 1.54) is 154 Å². The average molecular weight is 637 g/mol. The molecule has 276 valence electrons. The fourth-order valence-corrected chi connectivity index (χ4v) is 6.61. The van der Waals surface area contributed by atoms with Crippen LogP contribution in [0.25, 0.3) is 0 Å². The first-order valence-electron chi connectivity index (χ1n) is 21.0. The molecule has 0 aliphatic carbocycles. The molecule has 0 fully saturated rings. The largest absolute Gasteiger partial charge is 0.0654 e. The molecular weight excluding hydrogens is 540 g/mol. The molecule has 0 saturated carbocycles. The number of hydrogen-bond donors (Lipinski definition) is 0. The van der Waals surface area contributed by atoms with Crippen molar-refractivity contribution >= 4 is 0 Å². The highest BCUT2D eigenvalue weighted by Gasteiger charge is 2.23. The van der Waals surface area contributed by atoms with Crippen LogP contribution in [0.5, 0.6) is 0 Å². The van der Waals surface area contributed by atoms with Gasteiger partial charge in [0.15, 0.2) is 0 Å². The number of rotatable bonds is 24. The lowest BCUT2D eigenvalue weighted by Crippen LogP contribution is -2.20. The quantitative estimate of drug-likeness (QED) is 0.0925. The highest BCUT2D eigenvalue weighted by Crippen LogP contribution is 2.34. The molecule has 0 rings (SSSR count). The van der Waals surface area contributed by atoms with Gasteiger partial charge < -0.3 is 0 Å². The second kappa shape index (κ2) is 31.3. The molecule has 0 aromatic rings. The normalized spacial score (nSPS) is 14.2. The summed E-state index contributed by atoms with van der Waals surface area (Å²) in [5.41, 5.74) is 1.53. The van der Waals surface area contributed by atoms with E-state index in [-0.39, 0.29) is 0 Å². The van der Waals surface area contributed by atoms with E-state index in [0.717, 1.165) is 17.8 Å². The van der Waals surface area contributed by atoms with Gasteiger partial charge in [0.1, 0.15) is 0 Å². The number of unbranched alkanes of at least 4 members (excludes halogenated alkanes) is 15. The molecule has 0 saturated heterocycles. The highest BCUT2D eigenvalue weighted by molar-refractivity contribution is 4.74. The molecule has 0 bridgehead atoms. The van der Waals surface area contributed by atoms with Gasteiger partial charge in [-0.15, -0.1) is 0 Å². The van der Waals surface area contributed by atoms with Gasteiger partial charge in [-0.25, -0.2) is 0 Å². The summed E-state index contributed by atoms with van der Waals surface area (Å²) in [6.45, 7) is 35.4. The summed E-state index contributed by atoms with van der Waals surface area (Å²) < 4.78 is 0. The molecule has 0 aromatic carbocycles. The van der Waals surface area contributed by atoms with Gasteiger partial charge >= 0.3 is 0 Å². The summed E-state index contributed by atoms with van der Waals surface area (Å²) >= 11 is 0. The van der Waals surface area contributed by atoms with E-state index in [4.69, 9.17) is 0 Å². The Morgan fingerprint density at radius 1 is 0.311 bits per heavy atom. The molecule has 0 nitrogen and oxygen atoms in total. The van der Waals surface area contributed by atoms with Gasteiger partial charge in [0.25, 0.3) is 0 Å². The van der Waals surface area contributed by atoms with Gasteiger partial charge in [0, 0.05) is 0 Å². The third kappa shape index (κ3) is 35.1. The van der Waals surface area contributed by atoms with Crippen LogP contribution in [0.1, 0.15) is 258 Å². The van der Waals surface area contributed by atoms with Crippen LogP contribution in [0.2, 0.25) is 0 Å². The van der Waals surface area contributed by atoms with E-state index >= 15 is 0 Å². The molecule has 0 aromatic heterocycles. The fourth-order valence-electron chi connectivity index (χ4n) is 6.61. The first-order valence-corrected chi connectivity index (χ1v) is 21.0. The molecule has 0 heteroatoms. The molecule has 3 unspecified atom stereocenters. The third-order valence-corrected chi connectivity index (χ3v) is 10.9. The molecular formula is C45H96. The lowest BCUT2D eigenvalue weighted by molar-refractivity contribution is 0.205. The smallest absolute Gasteiger partial charge is 0.0354 e. The van der Waals surface area contributed by atoms with E-state index in [0.29, 0.717) is 16.2 Å². The third-order valence-electron chi connectivity index (χ3n) is 10.9. The molecule has 0 heterocycles. The fraction of sp³-hybridized carbons (Fsp3) is 1.00. The predicted molar refractivity (Wildman–Crippen MR) is 214 cm³/mol. The maximum absolute atomic E-state index is 2.41. The van der Waals surface area contributed by atoms with Crippen molar-refractivity contribution in [2.75, 3.05) is 0 Å². The van der Waals surface area contributed by atoms with Gasteiger partial charge in [-0.1, -0.05) is 245 Å². The van der Waals surface area contributed by atoms with Crippen molar-refractivity contribution in [3.8, 4) is 0 Å². The SMILES string of the molecule is CCCCCCCCC(C)C(C)(C)C.CCCCCCCCC(CC)C(C)(C)C.CCCCCCCCC(CCC)C(C)(C)C. The Kier molecular flexibility index (Phi) is 34.3. The van der Waals surface area contributed by atoms with Crippen LogP contribution < -0.4 is 0 Å². The zero-order chi connectivity index (χ0) is 35.2. The summed E-state index contributed by atoms with van der Waals surface area (Å²) in [6, 6.07) is 0. The first-order chi connectivity index (χ1) is 21.0. The minimum absolute atomic E-state index is 0.503. The zero-order valence-electron chi connectivity index (χ0n) is 35.2. The van der Waals surface area contributed by atoms with Crippen molar-refractivity contribution in [2.45, 2.75) is 258 Å². The second-order valence-corrected chi connectivity index (χ2v) is 18.3. The summed E-state index contributed by atoms with van der Waals surface area (Å²) in [4.78, 5) is 0. The maximum Gasteiger partial charge on any atom is -0.0354 e. The Hall–Kier alpha value is 0. The molecule has 3 atom stereocenters.